The molecule has 7 heteroatoms. The second-order valence-corrected chi connectivity index (χ2v) is 8.22. The predicted molar refractivity (Wildman–Crippen MR) is 129 cm³/mol. The number of allylic oxidation sites excluding steroid dienone is 1. The monoisotopic (exact) mass is 466 g/mol. The van der Waals surface area contributed by atoms with Crippen LogP contribution in [0, 0.1) is 23.4 Å². The molecule has 0 aromatic heterocycles. The smallest absolute Gasteiger partial charge is 0.201 e. The van der Waals surface area contributed by atoms with E-state index >= 15 is 0 Å². The lowest BCUT2D eigenvalue weighted by molar-refractivity contribution is -0.205. The Morgan fingerprint density at radius 3 is 2.18 bits per heavy atom. The van der Waals surface area contributed by atoms with Gasteiger partial charge < -0.3 is 14.2 Å². The largest absolute Gasteiger partial charge is 0.500 e. The van der Waals surface area contributed by atoms with Crippen molar-refractivity contribution in [3.8, 4) is 28.0 Å². The summed E-state index contributed by atoms with van der Waals surface area (Å²) >= 11 is 0. The van der Waals surface area contributed by atoms with Crippen molar-refractivity contribution in [2.45, 2.75) is 19.1 Å². The van der Waals surface area contributed by atoms with Crippen LogP contribution < -0.4 is 4.74 Å². The van der Waals surface area contributed by atoms with E-state index in [2.05, 4.69) is 6.58 Å². The fourth-order valence-corrected chi connectivity index (χ4v) is 4.02. The first kappa shape index (κ1) is 24.1. The van der Waals surface area contributed by atoms with Crippen molar-refractivity contribution in [3.63, 3.8) is 0 Å². The molecule has 3 aromatic carbocycles. The normalized spacial score (nSPS) is 18.0. The highest BCUT2D eigenvalue weighted by Crippen LogP contribution is 2.33. The van der Waals surface area contributed by atoms with Crippen LogP contribution >= 0.6 is 0 Å². The molecule has 0 unspecified atom stereocenters. The van der Waals surface area contributed by atoms with E-state index < -0.39 is 23.7 Å². The van der Waals surface area contributed by atoms with Gasteiger partial charge in [0.15, 0.2) is 25.7 Å². The summed E-state index contributed by atoms with van der Waals surface area (Å²) in [5, 5.41) is 0. The Hall–Kier alpha value is -3.03. The average molecular weight is 466 g/mol. The van der Waals surface area contributed by atoms with Crippen molar-refractivity contribution < 1.29 is 27.4 Å². The molecule has 3 aromatic rings. The van der Waals surface area contributed by atoms with E-state index in [1.54, 1.807) is 44.2 Å². The Morgan fingerprint density at radius 1 is 0.912 bits per heavy atom. The summed E-state index contributed by atoms with van der Waals surface area (Å²) in [6.45, 7) is 5.09. The molecule has 4 rings (SSSR count). The minimum atomic E-state index is -1.02. The highest BCUT2D eigenvalue weighted by molar-refractivity contribution is 6.08. The summed E-state index contributed by atoms with van der Waals surface area (Å²) in [6, 6.07) is 14.4. The minimum absolute atomic E-state index is 0.112. The molecule has 1 saturated heterocycles. The van der Waals surface area contributed by atoms with E-state index in [0.29, 0.717) is 41.4 Å². The van der Waals surface area contributed by atoms with Crippen molar-refractivity contribution in [1.82, 2.24) is 0 Å². The number of benzene rings is 3. The number of hydrogen-bond acceptors (Lipinski definition) is 3. The Balaban J connectivity index is 1.48. The van der Waals surface area contributed by atoms with Crippen LogP contribution in [0.1, 0.15) is 24.7 Å². The molecule has 0 spiro atoms. The van der Waals surface area contributed by atoms with E-state index in [1.807, 2.05) is 6.08 Å². The molecule has 1 fully saturated rings. The van der Waals surface area contributed by atoms with Crippen molar-refractivity contribution in [2.24, 2.45) is 5.92 Å². The first-order valence-corrected chi connectivity index (χ1v) is 11.4. The fraction of sp³-hybridized carbons (Fsp3) is 0.259. The molecule has 1 aliphatic heterocycles. The second-order valence-electron chi connectivity index (χ2n) is 8.22. The van der Waals surface area contributed by atoms with Crippen LogP contribution in [0.25, 0.3) is 22.3 Å². The Labute approximate surface area is 198 Å². The summed E-state index contributed by atoms with van der Waals surface area (Å²) in [5.41, 5.74) is 2.23. The maximum absolute atomic E-state index is 14.9. The summed E-state index contributed by atoms with van der Waals surface area (Å²) in [6.07, 6.45) is 3.14. The van der Waals surface area contributed by atoms with Gasteiger partial charge in [-0.05, 0) is 42.2 Å². The summed E-state index contributed by atoms with van der Waals surface area (Å²) in [4.78, 5) is 0. The minimum Gasteiger partial charge on any atom is -0.500 e. The van der Waals surface area contributed by atoms with Gasteiger partial charge in [0, 0.05) is 22.6 Å². The molecular weight excluding hydrogens is 440 g/mol. The zero-order valence-corrected chi connectivity index (χ0v) is 19.0. The third kappa shape index (κ3) is 5.21. The number of ether oxygens (including phenoxy) is 3. The Bertz CT molecular complexity index is 1140. The standard InChI is InChI=1S/C27H26BF3O3/c1-2-3-4-17-14-32-27(33-15-17)20-9-10-21(23(29)13-20)18-5-7-19(8-6-18)22-11-12-24(34-16-28)26(31)25(22)30/h2,5-13,17,27H,1,3-4,14-16,28H2. The van der Waals surface area contributed by atoms with Crippen LogP contribution in [0.15, 0.2) is 67.3 Å². The van der Waals surface area contributed by atoms with Crippen LogP contribution in [0.5, 0.6) is 5.75 Å². The van der Waals surface area contributed by atoms with Crippen LogP contribution in [0.4, 0.5) is 13.2 Å². The molecule has 34 heavy (non-hydrogen) atoms. The summed E-state index contributed by atoms with van der Waals surface area (Å²) < 4.78 is 60.4. The highest BCUT2D eigenvalue weighted by atomic mass is 19.2. The molecule has 1 heterocycles. The van der Waals surface area contributed by atoms with Gasteiger partial charge in [0.2, 0.25) is 5.82 Å². The lowest BCUT2D eigenvalue weighted by Gasteiger charge is -2.29. The second kappa shape index (κ2) is 10.9. The third-order valence-electron chi connectivity index (χ3n) is 5.86. The first-order chi connectivity index (χ1) is 16.5. The fourth-order valence-electron chi connectivity index (χ4n) is 4.02. The topological polar surface area (TPSA) is 27.7 Å². The zero-order valence-electron chi connectivity index (χ0n) is 19.0. The molecule has 0 amide bonds. The van der Waals surface area contributed by atoms with Gasteiger partial charge in [-0.2, -0.15) is 4.39 Å². The van der Waals surface area contributed by atoms with Gasteiger partial charge in [0.1, 0.15) is 5.82 Å². The average Bonchev–Trinajstić information content (AvgIpc) is 2.86. The van der Waals surface area contributed by atoms with Crippen LogP contribution in [-0.2, 0) is 9.47 Å². The van der Waals surface area contributed by atoms with E-state index in [4.69, 9.17) is 14.2 Å². The molecule has 0 aliphatic carbocycles. The van der Waals surface area contributed by atoms with Crippen LogP contribution in [0.2, 0.25) is 0 Å². The number of hydrogen-bond donors (Lipinski definition) is 0. The SMILES string of the molecule is BCOc1ccc(-c2ccc(-c3ccc(C4OCC(CCC=C)CO4)cc3F)cc2)c(F)c1F. The molecule has 0 N–H and O–H groups in total. The lowest BCUT2D eigenvalue weighted by Crippen LogP contribution is -2.27. The van der Waals surface area contributed by atoms with Gasteiger partial charge in [-0.25, -0.2) is 8.78 Å². The highest BCUT2D eigenvalue weighted by Gasteiger charge is 2.24. The summed E-state index contributed by atoms with van der Waals surface area (Å²) in [5.74, 6) is -2.23. The molecule has 0 radical (unpaired) electrons. The third-order valence-corrected chi connectivity index (χ3v) is 5.86. The lowest BCUT2D eigenvalue weighted by atomic mass is 9.98. The van der Waals surface area contributed by atoms with Gasteiger partial charge in [-0.15, -0.1) is 6.58 Å². The van der Waals surface area contributed by atoms with Gasteiger partial charge in [0.05, 0.1) is 19.7 Å². The predicted octanol–water partition coefficient (Wildman–Crippen LogP) is 6.04. The van der Waals surface area contributed by atoms with E-state index in [-0.39, 0.29) is 17.8 Å². The van der Waals surface area contributed by atoms with Gasteiger partial charge in [0.25, 0.3) is 0 Å². The van der Waals surface area contributed by atoms with Crippen LogP contribution in [0.3, 0.4) is 0 Å². The Morgan fingerprint density at radius 2 is 1.56 bits per heavy atom. The maximum atomic E-state index is 14.9. The molecule has 3 nitrogen and oxygen atoms in total. The van der Waals surface area contributed by atoms with Crippen molar-refractivity contribution in [2.75, 3.05) is 19.7 Å². The van der Waals surface area contributed by atoms with Gasteiger partial charge >= 0.3 is 0 Å². The molecule has 176 valence electrons. The molecule has 0 atom stereocenters. The molecule has 1 aliphatic rings. The summed E-state index contributed by atoms with van der Waals surface area (Å²) in [7, 11) is 1.70. The van der Waals surface area contributed by atoms with E-state index in [9.17, 15) is 13.2 Å². The maximum Gasteiger partial charge on any atom is 0.201 e. The Kier molecular flexibility index (Phi) is 7.75. The van der Waals surface area contributed by atoms with Crippen molar-refractivity contribution in [3.05, 3.63) is 90.3 Å². The number of rotatable bonds is 8. The van der Waals surface area contributed by atoms with E-state index in [0.717, 1.165) is 12.8 Å². The van der Waals surface area contributed by atoms with Gasteiger partial charge in [-0.3, -0.25) is 0 Å². The zero-order chi connectivity index (χ0) is 24.1. The number of halogens is 3. The molecule has 0 bridgehead atoms. The van der Waals surface area contributed by atoms with Crippen molar-refractivity contribution in [1.29, 1.82) is 0 Å². The quantitative estimate of drug-likeness (QED) is 0.300. The van der Waals surface area contributed by atoms with E-state index in [1.165, 1.54) is 18.2 Å². The molecule has 0 saturated carbocycles. The van der Waals surface area contributed by atoms with Crippen LogP contribution in [-0.4, -0.2) is 27.6 Å². The van der Waals surface area contributed by atoms with Gasteiger partial charge in [-0.1, -0.05) is 42.5 Å². The first-order valence-electron chi connectivity index (χ1n) is 11.4. The van der Waals surface area contributed by atoms with Crippen molar-refractivity contribution >= 4 is 7.85 Å². The molecular formula is C27H26BF3O3.